The summed E-state index contributed by atoms with van der Waals surface area (Å²) in [6, 6.07) is 0. The summed E-state index contributed by atoms with van der Waals surface area (Å²) in [5.74, 6) is 0. The van der Waals surface area contributed by atoms with Crippen LogP contribution in [-0.4, -0.2) is 56.5 Å². The predicted octanol–water partition coefficient (Wildman–Crippen LogP) is -0.876. The Morgan fingerprint density at radius 2 is 2.09 bits per heavy atom. The SMILES string of the molecule is CN(CCN)N1CCOCC1. The number of hydrogen-bond donors (Lipinski definition) is 1. The molecule has 1 heterocycles. The van der Waals surface area contributed by atoms with E-state index in [-0.39, 0.29) is 0 Å². The Morgan fingerprint density at radius 3 is 2.64 bits per heavy atom. The van der Waals surface area contributed by atoms with Gasteiger partial charge in [0.2, 0.25) is 0 Å². The first-order valence-corrected chi connectivity index (χ1v) is 4.08. The summed E-state index contributed by atoms with van der Waals surface area (Å²) in [4.78, 5) is 0. The number of hydrogen-bond acceptors (Lipinski definition) is 4. The van der Waals surface area contributed by atoms with E-state index in [0.29, 0.717) is 6.54 Å². The van der Waals surface area contributed by atoms with E-state index in [4.69, 9.17) is 10.5 Å². The molecule has 0 unspecified atom stereocenters. The lowest BCUT2D eigenvalue weighted by molar-refractivity contribution is -0.0737. The molecule has 0 amide bonds. The van der Waals surface area contributed by atoms with E-state index in [1.807, 2.05) is 0 Å². The molecule has 0 atom stereocenters. The molecule has 0 aromatic rings. The van der Waals surface area contributed by atoms with Gasteiger partial charge in [0.15, 0.2) is 0 Å². The van der Waals surface area contributed by atoms with Crippen LogP contribution in [0.25, 0.3) is 0 Å². The maximum absolute atomic E-state index is 5.44. The highest BCUT2D eigenvalue weighted by Crippen LogP contribution is 1.98. The van der Waals surface area contributed by atoms with Gasteiger partial charge in [-0.15, -0.1) is 0 Å². The van der Waals surface area contributed by atoms with Crippen LogP contribution in [0.3, 0.4) is 0 Å². The molecule has 0 saturated carbocycles. The van der Waals surface area contributed by atoms with Crippen molar-refractivity contribution in [3.8, 4) is 0 Å². The first-order chi connectivity index (χ1) is 5.34. The van der Waals surface area contributed by atoms with Gasteiger partial charge >= 0.3 is 0 Å². The van der Waals surface area contributed by atoms with Crippen molar-refractivity contribution in [2.75, 3.05) is 46.4 Å². The highest BCUT2D eigenvalue weighted by Gasteiger charge is 2.13. The topological polar surface area (TPSA) is 41.7 Å². The molecule has 0 aromatic heterocycles. The molecular formula is C7H17N3O. The number of nitrogens with two attached hydrogens (primary N) is 1. The summed E-state index contributed by atoms with van der Waals surface area (Å²) in [6.45, 7) is 5.32. The Hall–Kier alpha value is -0.160. The van der Waals surface area contributed by atoms with Gasteiger partial charge in [0.05, 0.1) is 13.2 Å². The fourth-order valence-corrected chi connectivity index (χ4v) is 1.22. The molecule has 1 fully saturated rings. The number of ether oxygens (including phenoxy) is 1. The molecule has 4 nitrogen and oxygen atoms in total. The van der Waals surface area contributed by atoms with E-state index in [9.17, 15) is 0 Å². The van der Waals surface area contributed by atoms with Gasteiger partial charge in [0, 0.05) is 33.2 Å². The maximum atomic E-state index is 5.44. The number of rotatable bonds is 3. The zero-order valence-corrected chi connectivity index (χ0v) is 7.12. The Labute approximate surface area is 67.9 Å². The highest BCUT2D eigenvalue weighted by molar-refractivity contribution is 4.58. The Bertz CT molecular complexity index is 104. The van der Waals surface area contributed by atoms with Gasteiger partial charge in [-0.05, 0) is 0 Å². The molecule has 2 N–H and O–H groups in total. The molecule has 0 bridgehead atoms. The molecule has 0 radical (unpaired) electrons. The standard InChI is InChI=1S/C7H17N3O/c1-9(3-2-8)10-4-6-11-7-5-10/h2-8H2,1H3. The molecular weight excluding hydrogens is 142 g/mol. The van der Waals surface area contributed by atoms with Crippen molar-refractivity contribution in [2.24, 2.45) is 5.73 Å². The van der Waals surface area contributed by atoms with Gasteiger partial charge in [0.25, 0.3) is 0 Å². The van der Waals surface area contributed by atoms with E-state index in [2.05, 4.69) is 17.1 Å². The normalized spacial score (nSPS) is 21.0. The number of hydrazine groups is 1. The molecule has 1 saturated heterocycles. The summed E-state index contributed by atoms with van der Waals surface area (Å²) in [5.41, 5.74) is 5.44. The van der Waals surface area contributed by atoms with E-state index in [1.165, 1.54) is 0 Å². The molecule has 0 spiro atoms. The predicted molar refractivity (Wildman–Crippen MR) is 44.1 cm³/mol. The summed E-state index contributed by atoms with van der Waals surface area (Å²) >= 11 is 0. The molecule has 4 heteroatoms. The second kappa shape index (κ2) is 4.66. The van der Waals surface area contributed by atoms with Gasteiger partial charge in [-0.2, -0.15) is 0 Å². The smallest absolute Gasteiger partial charge is 0.0608 e. The Morgan fingerprint density at radius 1 is 1.45 bits per heavy atom. The van der Waals surface area contributed by atoms with Crippen LogP contribution in [-0.2, 0) is 4.74 Å². The van der Waals surface area contributed by atoms with E-state index < -0.39 is 0 Å². The van der Waals surface area contributed by atoms with Crippen LogP contribution < -0.4 is 5.73 Å². The molecule has 1 aliphatic heterocycles. The van der Waals surface area contributed by atoms with Crippen molar-refractivity contribution in [1.82, 2.24) is 10.0 Å². The van der Waals surface area contributed by atoms with Crippen LogP contribution in [0.15, 0.2) is 0 Å². The lowest BCUT2D eigenvalue weighted by Gasteiger charge is -2.34. The fraction of sp³-hybridized carbons (Fsp3) is 1.00. The first kappa shape index (κ1) is 8.93. The third-order valence-corrected chi connectivity index (χ3v) is 1.92. The third kappa shape index (κ3) is 2.75. The van der Waals surface area contributed by atoms with Crippen LogP contribution in [0.1, 0.15) is 0 Å². The van der Waals surface area contributed by atoms with Crippen molar-refractivity contribution in [3.05, 3.63) is 0 Å². The second-order valence-corrected chi connectivity index (χ2v) is 2.74. The minimum absolute atomic E-state index is 0.716. The van der Waals surface area contributed by atoms with Crippen molar-refractivity contribution < 1.29 is 4.74 Å². The quantitative estimate of drug-likeness (QED) is 0.581. The van der Waals surface area contributed by atoms with Crippen LogP contribution in [0.4, 0.5) is 0 Å². The van der Waals surface area contributed by atoms with Crippen LogP contribution in [0.5, 0.6) is 0 Å². The maximum Gasteiger partial charge on any atom is 0.0608 e. The average Bonchev–Trinajstić information content (AvgIpc) is 2.07. The number of likely N-dealkylation sites (N-methyl/N-ethyl adjacent to an activating group) is 1. The lowest BCUT2D eigenvalue weighted by Crippen LogP contribution is -2.48. The van der Waals surface area contributed by atoms with E-state index >= 15 is 0 Å². The second-order valence-electron chi connectivity index (χ2n) is 2.74. The first-order valence-electron chi connectivity index (χ1n) is 4.08. The number of nitrogens with zero attached hydrogens (tertiary/aromatic N) is 2. The van der Waals surface area contributed by atoms with Gasteiger partial charge in [-0.3, -0.25) is 0 Å². The zero-order chi connectivity index (χ0) is 8.10. The van der Waals surface area contributed by atoms with Crippen molar-refractivity contribution in [1.29, 1.82) is 0 Å². The van der Waals surface area contributed by atoms with Gasteiger partial charge in [-0.25, -0.2) is 10.0 Å². The summed E-state index contributed by atoms with van der Waals surface area (Å²) < 4.78 is 5.23. The lowest BCUT2D eigenvalue weighted by atomic mass is 10.5. The minimum Gasteiger partial charge on any atom is -0.379 e. The van der Waals surface area contributed by atoms with Gasteiger partial charge in [0.1, 0.15) is 0 Å². The van der Waals surface area contributed by atoms with Crippen molar-refractivity contribution in [3.63, 3.8) is 0 Å². The minimum atomic E-state index is 0.716. The summed E-state index contributed by atoms with van der Waals surface area (Å²) in [5, 5.41) is 4.44. The summed E-state index contributed by atoms with van der Waals surface area (Å²) in [7, 11) is 2.07. The molecule has 66 valence electrons. The third-order valence-electron chi connectivity index (χ3n) is 1.92. The highest BCUT2D eigenvalue weighted by atomic mass is 16.5. The largest absolute Gasteiger partial charge is 0.379 e. The van der Waals surface area contributed by atoms with Gasteiger partial charge < -0.3 is 10.5 Å². The molecule has 11 heavy (non-hydrogen) atoms. The summed E-state index contributed by atoms with van der Waals surface area (Å²) in [6.07, 6.45) is 0. The molecule has 1 rings (SSSR count). The van der Waals surface area contributed by atoms with E-state index in [1.54, 1.807) is 0 Å². The zero-order valence-electron chi connectivity index (χ0n) is 7.12. The fourth-order valence-electron chi connectivity index (χ4n) is 1.22. The Balaban J connectivity index is 2.21. The molecule has 0 aromatic carbocycles. The van der Waals surface area contributed by atoms with Crippen LogP contribution in [0.2, 0.25) is 0 Å². The van der Waals surface area contributed by atoms with Gasteiger partial charge in [-0.1, -0.05) is 0 Å². The van der Waals surface area contributed by atoms with Crippen LogP contribution in [0, 0.1) is 0 Å². The average molecular weight is 159 g/mol. The number of morpholine rings is 1. The van der Waals surface area contributed by atoms with Crippen molar-refractivity contribution >= 4 is 0 Å². The van der Waals surface area contributed by atoms with Crippen LogP contribution >= 0.6 is 0 Å². The molecule has 1 aliphatic rings. The van der Waals surface area contributed by atoms with Crippen molar-refractivity contribution in [2.45, 2.75) is 0 Å². The molecule has 0 aliphatic carbocycles. The Kier molecular flexibility index (Phi) is 3.79. The monoisotopic (exact) mass is 159 g/mol. The van der Waals surface area contributed by atoms with E-state index in [0.717, 1.165) is 32.8 Å².